The number of hydrogen-bond donors (Lipinski definition) is 1. The molecule has 1 aromatic carbocycles. The minimum atomic E-state index is -3.63. The third kappa shape index (κ3) is 3.01. The van der Waals surface area contributed by atoms with Gasteiger partial charge in [0.05, 0.1) is 5.69 Å². The molecule has 0 radical (unpaired) electrons. The number of nitrogens with zero attached hydrogens (tertiary/aromatic N) is 5. The van der Waals surface area contributed by atoms with E-state index in [1.54, 1.807) is 0 Å². The van der Waals surface area contributed by atoms with E-state index in [0.29, 0.717) is 22.9 Å². The average molecular weight is 371 g/mol. The van der Waals surface area contributed by atoms with Gasteiger partial charge in [-0.15, -0.1) is 5.10 Å². The standard InChI is InChI=1S/C15H10F5N5O/c16-8-1-2-11(18)10(5-8)15(26,14(19)20)13(25-7-22-23-24-25)12-6-9(17)3-4-21-12/h1-7,13-14,26H. The van der Waals surface area contributed by atoms with Crippen LogP contribution in [0.2, 0.25) is 0 Å². The van der Waals surface area contributed by atoms with Gasteiger partial charge in [0.1, 0.15) is 29.8 Å². The van der Waals surface area contributed by atoms with Crippen LogP contribution in [0.15, 0.2) is 42.9 Å². The molecule has 136 valence electrons. The van der Waals surface area contributed by atoms with Gasteiger partial charge in [0.2, 0.25) is 0 Å². The number of benzene rings is 1. The van der Waals surface area contributed by atoms with Crippen molar-refractivity contribution in [3.63, 3.8) is 0 Å². The van der Waals surface area contributed by atoms with Crippen molar-refractivity contribution in [1.82, 2.24) is 25.2 Å². The maximum absolute atomic E-state index is 14.2. The quantitative estimate of drug-likeness (QED) is 0.696. The van der Waals surface area contributed by atoms with Crippen molar-refractivity contribution in [2.24, 2.45) is 0 Å². The molecule has 6 nitrogen and oxygen atoms in total. The van der Waals surface area contributed by atoms with E-state index in [2.05, 4.69) is 20.5 Å². The molecule has 0 aliphatic rings. The Kier molecular flexibility index (Phi) is 4.64. The number of tetrazole rings is 1. The van der Waals surface area contributed by atoms with E-state index >= 15 is 0 Å². The predicted octanol–water partition coefficient (Wildman–Crippen LogP) is 2.23. The first-order valence-electron chi connectivity index (χ1n) is 7.14. The zero-order valence-electron chi connectivity index (χ0n) is 12.8. The number of rotatable bonds is 5. The first-order valence-corrected chi connectivity index (χ1v) is 7.14. The van der Waals surface area contributed by atoms with E-state index in [-0.39, 0.29) is 0 Å². The molecule has 0 aliphatic carbocycles. The Morgan fingerprint density at radius 1 is 1.04 bits per heavy atom. The molecular weight excluding hydrogens is 361 g/mol. The summed E-state index contributed by atoms with van der Waals surface area (Å²) in [5.41, 5.74) is -4.80. The summed E-state index contributed by atoms with van der Waals surface area (Å²) in [6, 6.07) is 1.49. The van der Waals surface area contributed by atoms with Crippen molar-refractivity contribution >= 4 is 0 Å². The molecule has 0 saturated carbocycles. The van der Waals surface area contributed by atoms with Gasteiger partial charge in [0.15, 0.2) is 5.60 Å². The van der Waals surface area contributed by atoms with E-state index in [9.17, 15) is 27.1 Å². The second-order valence-electron chi connectivity index (χ2n) is 5.34. The first-order chi connectivity index (χ1) is 12.3. The summed E-state index contributed by atoms with van der Waals surface area (Å²) in [6.45, 7) is 0. The lowest BCUT2D eigenvalue weighted by Gasteiger charge is -2.35. The molecule has 0 fully saturated rings. The zero-order valence-corrected chi connectivity index (χ0v) is 12.8. The molecule has 3 rings (SSSR count). The summed E-state index contributed by atoms with van der Waals surface area (Å²) >= 11 is 0. The van der Waals surface area contributed by atoms with Crippen molar-refractivity contribution in [1.29, 1.82) is 0 Å². The van der Waals surface area contributed by atoms with Crippen LogP contribution in [-0.4, -0.2) is 36.7 Å². The zero-order chi connectivity index (χ0) is 18.9. The molecule has 26 heavy (non-hydrogen) atoms. The lowest BCUT2D eigenvalue weighted by atomic mass is 9.84. The predicted molar refractivity (Wildman–Crippen MR) is 76.4 cm³/mol. The van der Waals surface area contributed by atoms with Crippen molar-refractivity contribution in [2.75, 3.05) is 0 Å². The second kappa shape index (κ2) is 6.75. The molecule has 0 aliphatic heterocycles. The topological polar surface area (TPSA) is 76.7 Å². The van der Waals surface area contributed by atoms with Gasteiger partial charge < -0.3 is 5.11 Å². The number of pyridine rings is 1. The largest absolute Gasteiger partial charge is 0.377 e. The van der Waals surface area contributed by atoms with Gasteiger partial charge in [-0.3, -0.25) is 4.98 Å². The van der Waals surface area contributed by atoms with E-state index in [1.807, 2.05) is 0 Å². The maximum atomic E-state index is 14.2. The van der Waals surface area contributed by atoms with Gasteiger partial charge in [-0.2, -0.15) is 0 Å². The SMILES string of the molecule is OC(c1cc(F)ccc1F)(C(F)F)C(c1cc(F)ccn1)n1cnnn1. The van der Waals surface area contributed by atoms with Crippen LogP contribution < -0.4 is 0 Å². The van der Waals surface area contributed by atoms with Crippen LogP contribution in [0.3, 0.4) is 0 Å². The van der Waals surface area contributed by atoms with E-state index in [1.165, 1.54) is 0 Å². The Morgan fingerprint density at radius 3 is 2.38 bits per heavy atom. The molecular formula is C15H10F5N5O. The van der Waals surface area contributed by atoms with E-state index < -0.39 is 46.8 Å². The minimum absolute atomic E-state index is 0.413. The molecule has 0 spiro atoms. The van der Waals surface area contributed by atoms with Crippen molar-refractivity contribution in [3.8, 4) is 0 Å². The molecule has 11 heteroatoms. The van der Waals surface area contributed by atoms with Crippen molar-refractivity contribution in [3.05, 3.63) is 71.6 Å². The summed E-state index contributed by atoms with van der Waals surface area (Å²) < 4.78 is 70.0. The Hall–Kier alpha value is -2.95. The Balaban J connectivity index is 2.29. The number of alkyl halides is 2. The van der Waals surface area contributed by atoms with Crippen LogP contribution in [0.4, 0.5) is 22.0 Å². The molecule has 0 saturated heterocycles. The van der Waals surface area contributed by atoms with Crippen LogP contribution in [-0.2, 0) is 5.60 Å². The Morgan fingerprint density at radius 2 is 1.77 bits per heavy atom. The van der Waals surface area contributed by atoms with Gasteiger partial charge >= 0.3 is 0 Å². The summed E-state index contributed by atoms with van der Waals surface area (Å²) in [5, 5.41) is 20.8. The van der Waals surface area contributed by atoms with Crippen LogP contribution in [0.5, 0.6) is 0 Å². The summed E-state index contributed by atoms with van der Waals surface area (Å²) in [7, 11) is 0. The van der Waals surface area contributed by atoms with Gasteiger partial charge in [-0.25, -0.2) is 26.6 Å². The highest BCUT2D eigenvalue weighted by atomic mass is 19.3. The highest BCUT2D eigenvalue weighted by Crippen LogP contribution is 2.43. The van der Waals surface area contributed by atoms with Crippen LogP contribution in [0.25, 0.3) is 0 Å². The lowest BCUT2D eigenvalue weighted by molar-refractivity contribution is -0.131. The number of aromatic nitrogens is 5. The number of hydrogen-bond acceptors (Lipinski definition) is 5. The number of halogens is 5. The van der Waals surface area contributed by atoms with Crippen LogP contribution in [0, 0.1) is 17.5 Å². The fraction of sp³-hybridized carbons (Fsp3) is 0.200. The van der Waals surface area contributed by atoms with Crippen LogP contribution in [0.1, 0.15) is 17.3 Å². The first kappa shape index (κ1) is 17.9. The Labute approximate surface area is 142 Å². The van der Waals surface area contributed by atoms with Gasteiger partial charge in [-0.1, -0.05) is 0 Å². The van der Waals surface area contributed by atoms with Gasteiger partial charge in [0.25, 0.3) is 6.43 Å². The average Bonchev–Trinajstić information content (AvgIpc) is 3.11. The van der Waals surface area contributed by atoms with E-state index in [0.717, 1.165) is 24.7 Å². The monoisotopic (exact) mass is 371 g/mol. The summed E-state index contributed by atoms with van der Waals surface area (Å²) in [5.74, 6) is -3.18. The minimum Gasteiger partial charge on any atom is -0.377 e. The molecule has 2 aromatic heterocycles. The smallest absolute Gasteiger partial charge is 0.273 e. The fourth-order valence-corrected chi connectivity index (χ4v) is 2.61. The fourth-order valence-electron chi connectivity index (χ4n) is 2.61. The normalized spacial score (nSPS) is 15.0. The van der Waals surface area contributed by atoms with Gasteiger partial charge in [-0.05, 0) is 40.8 Å². The molecule has 0 bridgehead atoms. The molecule has 3 aromatic rings. The molecule has 2 heterocycles. The second-order valence-corrected chi connectivity index (χ2v) is 5.34. The Bertz CT molecular complexity index is 907. The molecule has 0 amide bonds. The van der Waals surface area contributed by atoms with Crippen molar-refractivity contribution < 1.29 is 27.1 Å². The highest BCUT2D eigenvalue weighted by Gasteiger charge is 2.52. The lowest BCUT2D eigenvalue weighted by Crippen LogP contribution is -2.45. The summed E-state index contributed by atoms with van der Waals surface area (Å²) in [6.07, 6.45) is -1.80. The number of aliphatic hydroxyl groups is 1. The summed E-state index contributed by atoms with van der Waals surface area (Å²) in [4.78, 5) is 3.76. The van der Waals surface area contributed by atoms with Gasteiger partial charge in [0, 0.05) is 11.8 Å². The third-order valence-electron chi connectivity index (χ3n) is 3.76. The highest BCUT2D eigenvalue weighted by molar-refractivity contribution is 5.31. The third-order valence-corrected chi connectivity index (χ3v) is 3.76. The van der Waals surface area contributed by atoms with Crippen LogP contribution >= 0.6 is 0 Å². The maximum Gasteiger partial charge on any atom is 0.273 e. The van der Waals surface area contributed by atoms with Crippen molar-refractivity contribution in [2.45, 2.75) is 18.1 Å². The van der Waals surface area contributed by atoms with E-state index in [4.69, 9.17) is 0 Å². The molecule has 2 atom stereocenters. The molecule has 1 N–H and O–H groups in total. The molecule has 2 unspecified atom stereocenters.